The average Bonchev–Trinajstić information content (AvgIpc) is 3.33. The van der Waals surface area contributed by atoms with Crippen molar-refractivity contribution in [2.75, 3.05) is 19.8 Å². The maximum atomic E-state index is 5.68. The molecule has 0 spiro atoms. The van der Waals surface area contributed by atoms with Gasteiger partial charge in [0.25, 0.3) is 0 Å². The Labute approximate surface area is 152 Å². The number of aromatic amines is 1. The smallest absolute Gasteiger partial charge is 0.162 e. The average molecular weight is 353 g/mol. The summed E-state index contributed by atoms with van der Waals surface area (Å²) in [5.74, 6) is 2.09. The van der Waals surface area contributed by atoms with Crippen LogP contribution in [0.25, 0.3) is 11.3 Å². The Morgan fingerprint density at radius 2 is 2.15 bits per heavy atom. The first-order chi connectivity index (χ1) is 12.8. The summed E-state index contributed by atoms with van der Waals surface area (Å²) in [4.78, 5) is 4.08. The second-order valence-corrected chi connectivity index (χ2v) is 6.62. The Morgan fingerprint density at radius 1 is 1.27 bits per heavy atom. The van der Waals surface area contributed by atoms with E-state index in [1.54, 1.807) is 0 Å². The number of nitrogens with zero attached hydrogens (tertiary/aromatic N) is 3. The van der Waals surface area contributed by atoms with Crippen LogP contribution in [0.3, 0.4) is 0 Å². The standard InChI is InChI=1S/C19H23N5O2/c1-14(12-24-5-4-20-13-24)9-21-10-16-11-22-23-19(16)15-2-3-17-18(8-15)26-7-6-25-17/h2-5,8,11,13-14,21H,6-7,9-10,12H2,1H3,(H,22,23). The molecule has 2 N–H and O–H groups in total. The first kappa shape index (κ1) is 16.7. The number of ether oxygens (including phenoxy) is 2. The van der Waals surface area contributed by atoms with Crippen molar-refractivity contribution in [3.63, 3.8) is 0 Å². The summed E-state index contributed by atoms with van der Waals surface area (Å²) in [6.45, 7) is 6.04. The molecule has 7 heteroatoms. The summed E-state index contributed by atoms with van der Waals surface area (Å²) < 4.78 is 13.4. The first-order valence-corrected chi connectivity index (χ1v) is 8.88. The van der Waals surface area contributed by atoms with Gasteiger partial charge in [0.05, 0.1) is 18.2 Å². The van der Waals surface area contributed by atoms with E-state index in [4.69, 9.17) is 9.47 Å². The lowest BCUT2D eigenvalue weighted by Gasteiger charge is -2.19. The van der Waals surface area contributed by atoms with Gasteiger partial charge in [0.15, 0.2) is 11.5 Å². The van der Waals surface area contributed by atoms with Crippen molar-refractivity contribution in [2.45, 2.75) is 20.0 Å². The summed E-state index contributed by atoms with van der Waals surface area (Å²) in [5, 5.41) is 10.8. The predicted molar refractivity (Wildman–Crippen MR) is 98.1 cm³/mol. The zero-order valence-corrected chi connectivity index (χ0v) is 14.8. The number of benzene rings is 1. The Bertz CT molecular complexity index is 843. The van der Waals surface area contributed by atoms with E-state index in [2.05, 4.69) is 32.0 Å². The van der Waals surface area contributed by atoms with Crippen LogP contribution in [0.5, 0.6) is 11.5 Å². The van der Waals surface area contributed by atoms with Crippen LogP contribution in [0.4, 0.5) is 0 Å². The quantitative estimate of drug-likeness (QED) is 0.682. The molecule has 1 unspecified atom stereocenters. The third-order valence-corrected chi connectivity index (χ3v) is 4.44. The summed E-state index contributed by atoms with van der Waals surface area (Å²) >= 11 is 0. The normalized spacial score (nSPS) is 14.3. The van der Waals surface area contributed by atoms with Gasteiger partial charge in [-0.3, -0.25) is 5.10 Å². The molecule has 3 aromatic rings. The van der Waals surface area contributed by atoms with Gasteiger partial charge in [0.1, 0.15) is 13.2 Å². The van der Waals surface area contributed by atoms with Gasteiger partial charge in [-0.25, -0.2) is 4.98 Å². The number of rotatable bonds is 7. The minimum Gasteiger partial charge on any atom is -0.486 e. The van der Waals surface area contributed by atoms with Gasteiger partial charge in [0.2, 0.25) is 0 Å². The molecule has 0 aliphatic carbocycles. The molecule has 0 saturated carbocycles. The van der Waals surface area contributed by atoms with Crippen molar-refractivity contribution in [3.05, 3.63) is 48.7 Å². The van der Waals surface area contributed by atoms with E-state index in [-0.39, 0.29) is 0 Å². The van der Waals surface area contributed by atoms with E-state index in [1.165, 1.54) is 0 Å². The minimum atomic E-state index is 0.508. The maximum absolute atomic E-state index is 5.68. The highest BCUT2D eigenvalue weighted by molar-refractivity contribution is 5.66. The first-order valence-electron chi connectivity index (χ1n) is 8.88. The third-order valence-electron chi connectivity index (χ3n) is 4.44. The Morgan fingerprint density at radius 3 is 3.00 bits per heavy atom. The lowest BCUT2D eigenvalue weighted by Crippen LogP contribution is -2.23. The summed E-state index contributed by atoms with van der Waals surface area (Å²) in [7, 11) is 0. The zero-order valence-electron chi connectivity index (χ0n) is 14.8. The van der Waals surface area contributed by atoms with Crippen LogP contribution in [0.1, 0.15) is 12.5 Å². The molecule has 0 fully saturated rings. The highest BCUT2D eigenvalue weighted by atomic mass is 16.6. The highest BCUT2D eigenvalue weighted by Gasteiger charge is 2.15. The predicted octanol–water partition coefficient (Wildman–Crippen LogP) is 2.47. The van der Waals surface area contributed by atoms with Crippen LogP contribution >= 0.6 is 0 Å². The summed E-state index contributed by atoms with van der Waals surface area (Å²) in [5.41, 5.74) is 3.20. The fourth-order valence-corrected chi connectivity index (χ4v) is 3.17. The molecule has 1 aliphatic heterocycles. The fourth-order valence-electron chi connectivity index (χ4n) is 3.17. The van der Waals surface area contributed by atoms with E-state index in [9.17, 15) is 0 Å². The molecule has 136 valence electrons. The Hall–Kier alpha value is -2.80. The van der Waals surface area contributed by atoms with Crippen LogP contribution in [-0.2, 0) is 13.1 Å². The maximum Gasteiger partial charge on any atom is 0.162 e. The second-order valence-electron chi connectivity index (χ2n) is 6.62. The van der Waals surface area contributed by atoms with Gasteiger partial charge in [-0.1, -0.05) is 6.92 Å². The number of hydrogen-bond acceptors (Lipinski definition) is 5. The van der Waals surface area contributed by atoms with Gasteiger partial charge in [-0.15, -0.1) is 0 Å². The Balaban J connectivity index is 1.38. The van der Waals surface area contributed by atoms with Crippen molar-refractivity contribution in [1.29, 1.82) is 0 Å². The molecule has 7 nitrogen and oxygen atoms in total. The van der Waals surface area contributed by atoms with E-state index in [1.807, 2.05) is 43.1 Å². The number of H-pyrrole nitrogens is 1. The van der Waals surface area contributed by atoms with Crippen LogP contribution < -0.4 is 14.8 Å². The van der Waals surface area contributed by atoms with Gasteiger partial charge in [0, 0.05) is 36.6 Å². The van der Waals surface area contributed by atoms with Gasteiger partial charge in [-0.05, 0) is 30.7 Å². The molecule has 26 heavy (non-hydrogen) atoms. The van der Waals surface area contributed by atoms with Crippen molar-refractivity contribution in [1.82, 2.24) is 25.1 Å². The molecule has 3 heterocycles. The van der Waals surface area contributed by atoms with Gasteiger partial charge in [-0.2, -0.15) is 5.10 Å². The summed E-state index contributed by atoms with van der Waals surface area (Å²) in [6.07, 6.45) is 7.53. The van der Waals surface area contributed by atoms with Gasteiger partial charge >= 0.3 is 0 Å². The molecule has 0 radical (unpaired) electrons. The largest absolute Gasteiger partial charge is 0.486 e. The van der Waals surface area contributed by atoms with E-state index in [0.717, 1.165) is 48.0 Å². The van der Waals surface area contributed by atoms with Crippen LogP contribution in [0.15, 0.2) is 43.1 Å². The number of fused-ring (bicyclic) bond motifs is 1. The molecule has 1 aliphatic rings. The lowest BCUT2D eigenvalue weighted by atomic mass is 10.1. The molecule has 4 rings (SSSR count). The van der Waals surface area contributed by atoms with Crippen molar-refractivity contribution >= 4 is 0 Å². The summed E-state index contributed by atoms with van der Waals surface area (Å²) in [6, 6.07) is 5.99. The molecule has 0 bridgehead atoms. The third kappa shape index (κ3) is 3.72. The molecule has 2 aromatic heterocycles. The van der Waals surface area contributed by atoms with E-state index in [0.29, 0.717) is 19.1 Å². The molecule has 0 saturated heterocycles. The monoisotopic (exact) mass is 353 g/mol. The van der Waals surface area contributed by atoms with E-state index < -0.39 is 0 Å². The number of hydrogen-bond donors (Lipinski definition) is 2. The van der Waals surface area contributed by atoms with Crippen LogP contribution in [0.2, 0.25) is 0 Å². The van der Waals surface area contributed by atoms with E-state index >= 15 is 0 Å². The fraction of sp³-hybridized carbons (Fsp3) is 0.368. The molecular formula is C19H23N5O2. The number of aromatic nitrogens is 4. The highest BCUT2D eigenvalue weighted by Crippen LogP contribution is 2.34. The SMILES string of the molecule is CC(CNCc1cn[nH]c1-c1ccc2c(c1)OCCO2)Cn1ccnc1. The van der Waals surface area contributed by atoms with Gasteiger partial charge < -0.3 is 19.4 Å². The van der Waals surface area contributed by atoms with Crippen molar-refractivity contribution < 1.29 is 9.47 Å². The van der Waals surface area contributed by atoms with Crippen molar-refractivity contribution in [3.8, 4) is 22.8 Å². The molecular weight excluding hydrogens is 330 g/mol. The second kappa shape index (κ2) is 7.61. The van der Waals surface area contributed by atoms with Crippen molar-refractivity contribution in [2.24, 2.45) is 5.92 Å². The van der Waals surface area contributed by atoms with Crippen LogP contribution in [-0.4, -0.2) is 39.5 Å². The lowest BCUT2D eigenvalue weighted by molar-refractivity contribution is 0.171. The topological polar surface area (TPSA) is 77.0 Å². The number of imidazole rings is 1. The molecule has 1 atom stereocenters. The Kier molecular flexibility index (Phi) is 4.88. The van der Waals surface area contributed by atoms with Crippen LogP contribution in [0, 0.1) is 5.92 Å². The molecule has 0 amide bonds. The molecule has 1 aromatic carbocycles. The minimum absolute atomic E-state index is 0.508. The number of nitrogens with one attached hydrogen (secondary N) is 2. The zero-order chi connectivity index (χ0) is 17.8.